The van der Waals surface area contributed by atoms with Gasteiger partial charge in [0, 0.05) is 24.6 Å². The Labute approximate surface area is 129 Å². The number of amides is 1. The van der Waals surface area contributed by atoms with Gasteiger partial charge < -0.3 is 11.1 Å². The highest BCUT2D eigenvalue weighted by atomic mass is 32.2. The highest BCUT2D eigenvalue weighted by Crippen LogP contribution is 2.10. The van der Waals surface area contributed by atoms with E-state index in [0.717, 1.165) is 0 Å². The third-order valence-corrected chi connectivity index (χ3v) is 4.76. The second kappa shape index (κ2) is 6.50. The maximum atomic E-state index is 12.0. The molecule has 114 valence electrons. The van der Waals surface area contributed by atoms with Crippen LogP contribution in [-0.4, -0.2) is 31.9 Å². The second-order valence-corrected chi connectivity index (χ2v) is 7.22. The Morgan fingerprint density at radius 2 is 2.24 bits per heavy atom. The monoisotopic (exact) mass is 327 g/mol. The van der Waals surface area contributed by atoms with Crippen LogP contribution in [0.2, 0.25) is 0 Å². The van der Waals surface area contributed by atoms with E-state index in [0.29, 0.717) is 24.0 Å². The number of carbonyl (C=O) groups excluding carboxylic acids is 1. The van der Waals surface area contributed by atoms with Gasteiger partial charge in [-0.25, -0.2) is 13.1 Å². The van der Waals surface area contributed by atoms with E-state index in [1.165, 1.54) is 0 Å². The summed E-state index contributed by atoms with van der Waals surface area (Å²) in [5.41, 5.74) is 6.78. The summed E-state index contributed by atoms with van der Waals surface area (Å²) in [5.74, 6) is -0.187. The molecule has 1 aliphatic heterocycles. The zero-order valence-electron chi connectivity index (χ0n) is 11.3. The van der Waals surface area contributed by atoms with Gasteiger partial charge in [-0.1, -0.05) is 30.4 Å². The smallest absolute Gasteiger partial charge is 0.220 e. The summed E-state index contributed by atoms with van der Waals surface area (Å²) in [6.07, 6.45) is 1.10. The van der Waals surface area contributed by atoms with Crippen LogP contribution < -0.4 is 15.8 Å². The molecule has 1 aromatic rings. The van der Waals surface area contributed by atoms with Gasteiger partial charge >= 0.3 is 0 Å². The SMILES string of the molecule is NC(=S)c1cccc(CS(=O)(=O)NCC2CCC(=O)N2)c1. The number of benzene rings is 1. The Bertz CT molecular complexity index is 658. The summed E-state index contributed by atoms with van der Waals surface area (Å²) in [6.45, 7) is 0.211. The summed E-state index contributed by atoms with van der Waals surface area (Å²) in [4.78, 5) is 11.3. The molecule has 4 N–H and O–H groups in total. The number of hydrogen-bond acceptors (Lipinski definition) is 4. The van der Waals surface area contributed by atoms with Crippen LogP contribution in [0.4, 0.5) is 0 Å². The fraction of sp³-hybridized carbons (Fsp3) is 0.385. The highest BCUT2D eigenvalue weighted by Gasteiger charge is 2.22. The molecule has 1 saturated heterocycles. The molecule has 1 amide bonds. The first kappa shape index (κ1) is 15.9. The molecule has 1 aromatic carbocycles. The minimum absolute atomic E-state index is 0.0386. The van der Waals surface area contributed by atoms with Gasteiger partial charge in [-0.2, -0.15) is 0 Å². The van der Waals surface area contributed by atoms with Crippen molar-refractivity contribution in [3.05, 3.63) is 35.4 Å². The Morgan fingerprint density at radius 1 is 1.48 bits per heavy atom. The maximum absolute atomic E-state index is 12.0. The quantitative estimate of drug-likeness (QED) is 0.639. The van der Waals surface area contributed by atoms with E-state index in [1.54, 1.807) is 24.3 Å². The molecule has 21 heavy (non-hydrogen) atoms. The predicted octanol–water partition coefficient (Wildman–Crippen LogP) is 0.0188. The van der Waals surface area contributed by atoms with E-state index in [-0.39, 0.29) is 29.2 Å². The minimum Gasteiger partial charge on any atom is -0.389 e. The van der Waals surface area contributed by atoms with Crippen LogP contribution in [-0.2, 0) is 20.6 Å². The normalized spacial score (nSPS) is 18.5. The molecule has 1 heterocycles. The molecule has 1 fully saturated rings. The van der Waals surface area contributed by atoms with Crippen molar-refractivity contribution < 1.29 is 13.2 Å². The van der Waals surface area contributed by atoms with Crippen molar-refractivity contribution in [2.45, 2.75) is 24.6 Å². The largest absolute Gasteiger partial charge is 0.389 e. The van der Waals surface area contributed by atoms with Crippen LogP contribution >= 0.6 is 12.2 Å². The first-order valence-corrected chi connectivity index (χ1v) is 8.57. The Morgan fingerprint density at radius 3 is 2.86 bits per heavy atom. The molecule has 0 bridgehead atoms. The number of carbonyl (C=O) groups is 1. The number of nitrogens with two attached hydrogens (primary N) is 1. The lowest BCUT2D eigenvalue weighted by molar-refractivity contribution is -0.119. The lowest BCUT2D eigenvalue weighted by Gasteiger charge is -2.12. The molecule has 0 aromatic heterocycles. The Kier molecular flexibility index (Phi) is 4.92. The van der Waals surface area contributed by atoms with Crippen molar-refractivity contribution in [3.63, 3.8) is 0 Å². The summed E-state index contributed by atoms with van der Waals surface area (Å²) in [7, 11) is -3.47. The number of sulfonamides is 1. The molecule has 6 nitrogen and oxygen atoms in total. The topological polar surface area (TPSA) is 101 Å². The van der Waals surface area contributed by atoms with Crippen LogP contribution in [0.15, 0.2) is 24.3 Å². The van der Waals surface area contributed by atoms with Gasteiger partial charge in [-0.05, 0) is 18.1 Å². The molecule has 0 saturated carbocycles. The molecule has 2 rings (SSSR count). The average molecular weight is 327 g/mol. The molecular formula is C13H17N3O3S2. The van der Waals surface area contributed by atoms with Crippen molar-refractivity contribution in [2.24, 2.45) is 5.73 Å². The average Bonchev–Trinajstić information content (AvgIpc) is 2.82. The standard InChI is InChI=1S/C13H17N3O3S2/c14-13(20)10-3-1-2-9(6-10)8-21(18,19)15-7-11-4-5-12(17)16-11/h1-3,6,11,15H,4-5,7-8H2,(H2,14,20)(H,16,17). The van der Waals surface area contributed by atoms with Crippen molar-refractivity contribution in [2.75, 3.05) is 6.54 Å². The van der Waals surface area contributed by atoms with Crippen molar-refractivity contribution in [1.29, 1.82) is 0 Å². The molecule has 1 aliphatic rings. The van der Waals surface area contributed by atoms with Gasteiger partial charge in [0.15, 0.2) is 0 Å². The van der Waals surface area contributed by atoms with E-state index in [1.807, 2.05) is 0 Å². The number of nitrogens with one attached hydrogen (secondary N) is 2. The van der Waals surface area contributed by atoms with Gasteiger partial charge in [0.25, 0.3) is 0 Å². The van der Waals surface area contributed by atoms with Crippen LogP contribution in [0, 0.1) is 0 Å². The van der Waals surface area contributed by atoms with Crippen molar-refractivity contribution >= 4 is 33.1 Å². The fourth-order valence-corrected chi connectivity index (χ4v) is 3.45. The van der Waals surface area contributed by atoms with Crippen molar-refractivity contribution in [3.8, 4) is 0 Å². The van der Waals surface area contributed by atoms with Gasteiger partial charge in [0.05, 0.1) is 5.75 Å². The maximum Gasteiger partial charge on any atom is 0.220 e. The summed E-state index contributed by atoms with van der Waals surface area (Å²) in [6, 6.07) is 6.70. The zero-order valence-corrected chi connectivity index (χ0v) is 13.0. The fourth-order valence-electron chi connectivity index (χ4n) is 2.14. The van der Waals surface area contributed by atoms with Crippen LogP contribution in [0.1, 0.15) is 24.0 Å². The summed E-state index contributed by atoms with van der Waals surface area (Å²) in [5, 5.41) is 2.71. The van der Waals surface area contributed by atoms with E-state index < -0.39 is 10.0 Å². The Hall–Kier alpha value is -1.51. The van der Waals surface area contributed by atoms with Crippen LogP contribution in [0.5, 0.6) is 0 Å². The molecule has 0 radical (unpaired) electrons. The van der Waals surface area contributed by atoms with E-state index >= 15 is 0 Å². The van der Waals surface area contributed by atoms with Crippen LogP contribution in [0.25, 0.3) is 0 Å². The zero-order chi connectivity index (χ0) is 15.5. The van der Waals surface area contributed by atoms with Gasteiger partial charge in [-0.15, -0.1) is 0 Å². The summed E-state index contributed by atoms with van der Waals surface area (Å²) >= 11 is 4.87. The first-order valence-electron chi connectivity index (χ1n) is 6.51. The van der Waals surface area contributed by atoms with E-state index in [9.17, 15) is 13.2 Å². The number of rotatable bonds is 6. The number of thiocarbonyl (C=S) groups is 1. The van der Waals surface area contributed by atoms with Gasteiger partial charge in [0.1, 0.15) is 4.99 Å². The molecule has 1 unspecified atom stereocenters. The molecular weight excluding hydrogens is 310 g/mol. The predicted molar refractivity (Wildman–Crippen MR) is 84.1 cm³/mol. The first-order chi connectivity index (χ1) is 9.85. The van der Waals surface area contributed by atoms with Gasteiger partial charge in [0.2, 0.25) is 15.9 Å². The third-order valence-electron chi connectivity index (χ3n) is 3.20. The molecule has 0 aliphatic carbocycles. The van der Waals surface area contributed by atoms with Crippen LogP contribution in [0.3, 0.4) is 0 Å². The lowest BCUT2D eigenvalue weighted by Crippen LogP contribution is -2.38. The minimum atomic E-state index is -3.47. The Balaban J connectivity index is 1.95. The molecule has 8 heteroatoms. The van der Waals surface area contributed by atoms with E-state index in [4.69, 9.17) is 18.0 Å². The second-order valence-electron chi connectivity index (χ2n) is 4.98. The number of hydrogen-bond donors (Lipinski definition) is 3. The lowest BCUT2D eigenvalue weighted by atomic mass is 10.1. The van der Waals surface area contributed by atoms with Crippen molar-refractivity contribution in [1.82, 2.24) is 10.0 Å². The van der Waals surface area contributed by atoms with E-state index in [2.05, 4.69) is 10.0 Å². The third kappa shape index (κ3) is 4.76. The molecule has 0 spiro atoms. The summed E-state index contributed by atoms with van der Waals surface area (Å²) < 4.78 is 26.6. The molecule has 1 atom stereocenters. The van der Waals surface area contributed by atoms with Gasteiger partial charge in [-0.3, -0.25) is 4.79 Å². The highest BCUT2D eigenvalue weighted by molar-refractivity contribution is 7.88.